The summed E-state index contributed by atoms with van der Waals surface area (Å²) in [5, 5.41) is -0.271. The summed E-state index contributed by atoms with van der Waals surface area (Å²) in [6.45, 7) is 4.00. The van der Waals surface area contributed by atoms with Crippen molar-refractivity contribution in [1.29, 1.82) is 0 Å². The van der Waals surface area contributed by atoms with Crippen LogP contribution in [0.25, 0.3) is 0 Å². The predicted molar refractivity (Wildman–Crippen MR) is 71.7 cm³/mol. The van der Waals surface area contributed by atoms with Gasteiger partial charge in [0.25, 0.3) is 0 Å². The summed E-state index contributed by atoms with van der Waals surface area (Å²) in [7, 11) is -3.23. The van der Waals surface area contributed by atoms with Crippen LogP contribution >= 0.6 is 0 Å². The maximum atomic E-state index is 12.1. The molecule has 0 atom stereocenters. The molecular weight excluding hydrogens is 248 g/mol. The number of hydrogen-bond donors (Lipinski definition) is 0. The van der Waals surface area contributed by atoms with Gasteiger partial charge in [0.2, 0.25) is 0 Å². The summed E-state index contributed by atoms with van der Waals surface area (Å²) in [6.07, 6.45) is 1.42. The number of carbonyl (C=O) groups is 1. The van der Waals surface area contributed by atoms with Crippen LogP contribution in [0.3, 0.4) is 0 Å². The first-order valence-electron chi connectivity index (χ1n) is 6.25. The van der Waals surface area contributed by atoms with Crippen molar-refractivity contribution < 1.29 is 13.2 Å². The molecule has 1 fully saturated rings. The second-order valence-electron chi connectivity index (χ2n) is 5.17. The van der Waals surface area contributed by atoms with E-state index in [2.05, 4.69) is 0 Å². The van der Waals surface area contributed by atoms with E-state index in [0.717, 1.165) is 5.56 Å². The Morgan fingerprint density at radius 2 is 1.89 bits per heavy atom. The Bertz CT molecular complexity index is 554. The lowest BCUT2D eigenvalue weighted by atomic mass is 9.95. The van der Waals surface area contributed by atoms with Crippen molar-refractivity contribution in [2.24, 2.45) is 0 Å². The molecule has 0 aromatic heterocycles. The zero-order valence-electron chi connectivity index (χ0n) is 10.7. The van der Waals surface area contributed by atoms with Gasteiger partial charge in [-0.1, -0.05) is 38.1 Å². The monoisotopic (exact) mass is 266 g/mol. The predicted octanol–water partition coefficient (Wildman–Crippen LogP) is 2.57. The molecule has 0 unspecified atom stereocenters. The van der Waals surface area contributed by atoms with Crippen LogP contribution in [0.5, 0.6) is 0 Å². The molecule has 1 aromatic rings. The van der Waals surface area contributed by atoms with Crippen molar-refractivity contribution in [3.05, 3.63) is 35.4 Å². The van der Waals surface area contributed by atoms with Gasteiger partial charge in [0.05, 0.1) is 5.25 Å². The fourth-order valence-corrected chi connectivity index (χ4v) is 3.67. The largest absolute Gasteiger partial charge is 0.293 e. The van der Waals surface area contributed by atoms with Crippen molar-refractivity contribution >= 4 is 15.6 Å². The average molecular weight is 266 g/mol. The fourth-order valence-electron chi connectivity index (χ4n) is 2.06. The number of hydrogen-bond acceptors (Lipinski definition) is 3. The summed E-state index contributed by atoms with van der Waals surface area (Å²) < 4.78 is 23.7. The lowest BCUT2D eigenvalue weighted by Crippen LogP contribution is -2.20. The summed E-state index contributed by atoms with van der Waals surface area (Å²) in [5.41, 5.74) is 1.48. The zero-order chi connectivity index (χ0) is 13.3. The van der Waals surface area contributed by atoms with E-state index < -0.39 is 9.84 Å². The van der Waals surface area contributed by atoms with Gasteiger partial charge in [-0.25, -0.2) is 8.42 Å². The second kappa shape index (κ2) is 4.84. The summed E-state index contributed by atoms with van der Waals surface area (Å²) in [5.74, 6) is -0.401. The minimum Gasteiger partial charge on any atom is -0.293 e. The number of rotatable bonds is 5. The molecule has 3 nitrogen and oxygen atoms in total. The molecule has 18 heavy (non-hydrogen) atoms. The Labute approximate surface area is 108 Å². The maximum absolute atomic E-state index is 12.1. The molecular formula is C14H18O3S. The van der Waals surface area contributed by atoms with Gasteiger partial charge >= 0.3 is 0 Å². The van der Waals surface area contributed by atoms with Crippen molar-refractivity contribution in [3.63, 3.8) is 0 Å². The molecule has 0 bridgehead atoms. The number of ketones is 1. The van der Waals surface area contributed by atoms with Crippen molar-refractivity contribution in [1.82, 2.24) is 0 Å². The molecule has 0 radical (unpaired) electrons. The number of Topliss-reactive ketones (excluding diaryl/α,β-unsaturated/α-hetero) is 1. The third-order valence-corrected chi connectivity index (χ3v) is 5.40. The van der Waals surface area contributed by atoms with E-state index in [1.807, 2.05) is 26.0 Å². The first kappa shape index (κ1) is 13.3. The summed E-state index contributed by atoms with van der Waals surface area (Å²) in [4.78, 5) is 12.1. The third kappa shape index (κ3) is 2.80. The van der Waals surface area contributed by atoms with Crippen molar-refractivity contribution in [2.45, 2.75) is 37.9 Å². The first-order valence-corrected chi connectivity index (χ1v) is 7.97. The normalized spacial score (nSPS) is 15.9. The van der Waals surface area contributed by atoms with Gasteiger partial charge in [-0.05, 0) is 24.3 Å². The average Bonchev–Trinajstić information content (AvgIpc) is 3.12. The van der Waals surface area contributed by atoms with E-state index in [1.54, 1.807) is 12.1 Å². The van der Waals surface area contributed by atoms with E-state index in [-0.39, 0.29) is 22.7 Å². The Kier molecular flexibility index (Phi) is 3.57. The van der Waals surface area contributed by atoms with E-state index in [4.69, 9.17) is 0 Å². The Hall–Kier alpha value is -1.16. The highest BCUT2D eigenvalue weighted by Crippen LogP contribution is 2.30. The smallest absolute Gasteiger partial charge is 0.178 e. The highest BCUT2D eigenvalue weighted by molar-refractivity contribution is 7.93. The fraction of sp³-hybridized carbons (Fsp3) is 0.500. The maximum Gasteiger partial charge on any atom is 0.178 e. The van der Waals surface area contributed by atoms with Gasteiger partial charge in [-0.2, -0.15) is 0 Å². The molecule has 0 heterocycles. The van der Waals surface area contributed by atoms with Crippen LogP contribution < -0.4 is 0 Å². The van der Waals surface area contributed by atoms with Gasteiger partial charge in [0.1, 0.15) is 5.75 Å². The van der Waals surface area contributed by atoms with E-state index >= 15 is 0 Å². The molecule has 1 aliphatic rings. The van der Waals surface area contributed by atoms with Gasteiger partial charge in [-0.3, -0.25) is 4.79 Å². The standard InChI is InChI=1S/C14H18O3S/c1-10(2)12-5-3-4-6-13(12)14(15)9-18(16,17)11-7-8-11/h3-6,10-11H,7-9H2,1-2H3. The van der Waals surface area contributed by atoms with Crippen LogP contribution in [-0.2, 0) is 9.84 Å². The molecule has 2 rings (SSSR count). The zero-order valence-corrected chi connectivity index (χ0v) is 11.5. The Morgan fingerprint density at radius 3 is 2.44 bits per heavy atom. The molecule has 4 heteroatoms. The number of benzene rings is 1. The van der Waals surface area contributed by atoms with Gasteiger partial charge in [-0.15, -0.1) is 0 Å². The Balaban J connectivity index is 2.24. The quantitative estimate of drug-likeness (QED) is 0.770. The van der Waals surface area contributed by atoms with E-state index in [0.29, 0.717) is 18.4 Å². The third-order valence-electron chi connectivity index (χ3n) is 3.25. The SMILES string of the molecule is CC(C)c1ccccc1C(=O)CS(=O)(=O)C1CC1. The Morgan fingerprint density at radius 1 is 1.28 bits per heavy atom. The highest BCUT2D eigenvalue weighted by Gasteiger charge is 2.37. The molecule has 0 spiro atoms. The first-order chi connectivity index (χ1) is 8.42. The van der Waals surface area contributed by atoms with Crippen LogP contribution in [0.2, 0.25) is 0 Å². The van der Waals surface area contributed by atoms with Gasteiger partial charge in [0, 0.05) is 5.56 Å². The second-order valence-corrected chi connectivity index (χ2v) is 7.45. The lowest BCUT2D eigenvalue weighted by Gasteiger charge is -2.11. The molecule has 1 saturated carbocycles. The topological polar surface area (TPSA) is 51.2 Å². The van der Waals surface area contributed by atoms with Crippen LogP contribution in [-0.4, -0.2) is 25.2 Å². The number of carbonyl (C=O) groups excluding carboxylic acids is 1. The van der Waals surface area contributed by atoms with Crippen LogP contribution in [0.4, 0.5) is 0 Å². The van der Waals surface area contributed by atoms with Crippen LogP contribution in [0.15, 0.2) is 24.3 Å². The summed E-state index contributed by atoms with van der Waals surface area (Å²) >= 11 is 0. The van der Waals surface area contributed by atoms with Crippen molar-refractivity contribution in [3.8, 4) is 0 Å². The molecule has 0 amide bonds. The van der Waals surface area contributed by atoms with Crippen LogP contribution in [0.1, 0.15) is 48.5 Å². The van der Waals surface area contributed by atoms with Crippen LogP contribution in [0, 0.1) is 0 Å². The highest BCUT2D eigenvalue weighted by atomic mass is 32.2. The molecule has 0 saturated heterocycles. The summed E-state index contributed by atoms with van der Waals surface area (Å²) in [6, 6.07) is 7.27. The van der Waals surface area contributed by atoms with E-state index in [9.17, 15) is 13.2 Å². The molecule has 0 N–H and O–H groups in total. The number of sulfone groups is 1. The molecule has 98 valence electrons. The molecule has 0 aliphatic heterocycles. The lowest BCUT2D eigenvalue weighted by molar-refractivity contribution is 0.101. The molecule has 1 aromatic carbocycles. The minimum absolute atomic E-state index is 0.216. The minimum atomic E-state index is -3.23. The van der Waals surface area contributed by atoms with E-state index in [1.165, 1.54) is 0 Å². The molecule has 1 aliphatic carbocycles. The van der Waals surface area contributed by atoms with Gasteiger partial charge < -0.3 is 0 Å². The van der Waals surface area contributed by atoms with Gasteiger partial charge in [0.15, 0.2) is 15.6 Å². The van der Waals surface area contributed by atoms with Crippen molar-refractivity contribution in [2.75, 3.05) is 5.75 Å².